The van der Waals surface area contributed by atoms with E-state index in [2.05, 4.69) is 17.6 Å². The van der Waals surface area contributed by atoms with Crippen molar-refractivity contribution in [2.24, 2.45) is 0 Å². The Bertz CT molecular complexity index is 344. The second kappa shape index (κ2) is 6.76. The molecule has 0 spiro atoms. The van der Waals surface area contributed by atoms with E-state index in [1.54, 1.807) is 12.1 Å². The van der Waals surface area contributed by atoms with Gasteiger partial charge in [-0.3, -0.25) is 0 Å². The van der Waals surface area contributed by atoms with E-state index in [4.69, 9.17) is 0 Å². The van der Waals surface area contributed by atoms with E-state index in [1.165, 1.54) is 18.4 Å². The average molecular weight is 248 g/mol. The quantitative estimate of drug-likeness (QED) is 0.747. The van der Waals surface area contributed by atoms with Crippen LogP contribution in [0.2, 0.25) is 0 Å². The van der Waals surface area contributed by atoms with Crippen LogP contribution >= 0.6 is 0 Å². The van der Waals surface area contributed by atoms with Crippen molar-refractivity contribution in [1.82, 2.24) is 10.6 Å². The summed E-state index contributed by atoms with van der Waals surface area (Å²) >= 11 is 0. The van der Waals surface area contributed by atoms with Gasteiger partial charge in [-0.15, -0.1) is 0 Å². The normalized spacial score (nSPS) is 18.7. The Morgan fingerprint density at radius 2 is 1.94 bits per heavy atom. The molecule has 3 N–H and O–H groups in total. The predicted octanol–water partition coefficient (Wildman–Crippen LogP) is 2.05. The molecule has 2 rings (SSSR count). The van der Waals surface area contributed by atoms with Gasteiger partial charge in [0, 0.05) is 12.1 Å². The highest BCUT2D eigenvalue weighted by Crippen LogP contribution is 2.12. The maximum Gasteiger partial charge on any atom is 0.115 e. The van der Waals surface area contributed by atoms with Crippen molar-refractivity contribution in [2.75, 3.05) is 13.1 Å². The number of phenols is 1. The van der Waals surface area contributed by atoms with Gasteiger partial charge in [0.05, 0.1) is 0 Å². The number of hydrogen-bond donors (Lipinski definition) is 3. The van der Waals surface area contributed by atoms with Gasteiger partial charge in [0.25, 0.3) is 0 Å². The molecule has 1 heterocycles. The molecule has 1 aromatic rings. The van der Waals surface area contributed by atoms with Crippen LogP contribution in [0.4, 0.5) is 0 Å². The highest BCUT2D eigenvalue weighted by molar-refractivity contribution is 5.25. The van der Waals surface area contributed by atoms with E-state index in [1.807, 2.05) is 12.1 Å². The summed E-state index contributed by atoms with van der Waals surface area (Å²) in [6.45, 7) is 4.55. The van der Waals surface area contributed by atoms with Crippen LogP contribution in [0.5, 0.6) is 5.75 Å². The van der Waals surface area contributed by atoms with Crippen LogP contribution in [-0.4, -0.2) is 30.3 Å². The lowest BCUT2D eigenvalue weighted by atomic mass is 10.0. The number of piperidine rings is 1. The van der Waals surface area contributed by atoms with Crippen LogP contribution in [-0.2, 0) is 6.42 Å². The lowest BCUT2D eigenvalue weighted by Crippen LogP contribution is -2.43. The molecule has 0 aromatic heterocycles. The van der Waals surface area contributed by atoms with Crippen molar-refractivity contribution in [3.8, 4) is 5.75 Å². The van der Waals surface area contributed by atoms with Gasteiger partial charge >= 0.3 is 0 Å². The highest BCUT2D eigenvalue weighted by Gasteiger charge is 2.14. The molecule has 18 heavy (non-hydrogen) atoms. The van der Waals surface area contributed by atoms with Crippen LogP contribution in [0.15, 0.2) is 24.3 Å². The maximum atomic E-state index is 9.23. The predicted molar refractivity (Wildman–Crippen MR) is 74.9 cm³/mol. The van der Waals surface area contributed by atoms with E-state index < -0.39 is 0 Å². The molecule has 0 bridgehead atoms. The van der Waals surface area contributed by atoms with Crippen LogP contribution in [0.25, 0.3) is 0 Å². The Kier molecular flexibility index (Phi) is 5.02. The van der Waals surface area contributed by atoms with Crippen LogP contribution in [0.3, 0.4) is 0 Å². The van der Waals surface area contributed by atoms with E-state index >= 15 is 0 Å². The molecule has 0 saturated carbocycles. The van der Waals surface area contributed by atoms with Gasteiger partial charge in [0.2, 0.25) is 0 Å². The molecule has 1 fully saturated rings. The first kappa shape index (κ1) is 13.4. The summed E-state index contributed by atoms with van der Waals surface area (Å²) in [4.78, 5) is 0. The molecular formula is C15H24N2O. The summed E-state index contributed by atoms with van der Waals surface area (Å²) in [5, 5.41) is 16.3. The van der Waals surface area contributed by atoms with Crippen molar-refractivity contribution >= 4 is 0 Å². The molecule has 0 amide bonds. The Morgan fingerprint density at radius 3 is 2.61 bits per heavy atom. The second-order valence-electron chi connectivity index (χ2n) is 5.30. The number of rotatable bonds is 5. The average Bonchev–Trinajstić information content (AvgIpc) is 2.39. The summed E-state index contributed by atoms with van der Waals surface area (Å²) in [7, 11) is 0. The topological polar surface area (TPSA) is 44.3 Å². The fourth-order valence-corrected chi connectivity index (χ4v) is 2.52. The minimum absolute atomic E-state index is 0.347. The summed E-state index contributed by atoms with van der Waals surface area (Å²) in [5.41, 5.74) is 1.30. The molecule has 100 valence electrons. The second-order valence-corrected chi connectivity index (χ2v) is 5.30. The first-order valence-corrected chi connectivity index (χ1v) is 6.99. The van der Waals surface area contributed by atoms with E-state index in [9.17, 15) is 5.11 Å². The van der Waals surface area contributed by atoms with E-state index in [-0.39, 0.29) is 0 Å². The van der Waals surface area contributed by atoms with Gasteiger partial charge in [-0.05, 0) is 63.4 Å². The molecule has 0 aliphatic carbocycles. The largest absolute Gasteiger partial charge is 0.508 e. The van der Waals surface area contributed by atoms with Crippen LogP contribution in [0, 0.1) is 0 Å². The Morgan fingerprint density at radius 1 is 1.28 bits per heavy atom. The smallest absolute Gasteiger partial charge is 0.115 e. The van der Waals surface area contributed by atoms with Gasteiger partial charge in [0.15, 0.2) is 0 Å². The molecule has 1 saturated heterocycles. The monoisotopic (exact) mass is 248 g/mol. The Balaban J connectivity index is 1.70. The molecule has 1 aromatic carbocycles. The molecule has 1 atom stereocenters. The summed E-state index contributed by atoms with van der Waals surface area (Å²) in [6, 6.07) is 8.78. The minimum atomic E-state index is 0.347. The molecule has 3 heteroatoms. The summed E-state index contributed by atoms with van der Waals surface area (Å²) < 4.78 is 0. The van der Waals surface area contributed by atoms with E-state index in [0.717, 1.165) is 25.9 Å². The first-order valence-electron chi connectivity index (χ1n) is 6.99. The molecule has 1 aliphatic heterocycles. The summed E-state index contributed by atoms with van der Waals surface area (Å²) in [5.74, 6) is 0.347. The van der Waals surface area contributed by atoms with Crippen molar-refractivity contribution in [3.05, 3.63) is 29.8 Å². The Labute approximate surface area is 110 Å². The standard InChI is InChI=1S/C15H24N2O/c1-12(17-14-8-10-16-11-9-14)2-3-13-4-6-15(18)7-5-13/h4-7,12,14,16-18H,2-3,8-11H2,1H3. The van der Waals surface area contributed by atoms with Crippen LogP contribution in [0.1, 0.15) is 31.7 Å². The van der Waals surface area contributed by atoms with Gasteiger partial charge in [-0.25, -0.2) is 0 Å². The van der Waals surface area contributed by atoms with Crippen molar-refractivity contribution < 1.29 is 5.11 Å². The molecule has 3 nitrogen and oxygen atoms in total. The van der Waals surface area contributed by atoms with Gasteiger partial charge in [-0.2, -0.15) is 0 Å². The van der Waals surface area contributed by atoms with E-state index in [0.29, 0.717) is 17.8 Å². The van der Waals surface area contributed by atoms with Gasteiger partial charge in [0.1, 0.15) is 5.75 Å². The minimum Gasteiger partial charge on any atom is -0.508 e. The van der Waals surface area contributed by atoms with Crippen LogP contribution < -0.4 is 10.6 Å². The zero-order chi connectivity index (χ0) is 12.8. The van der Waals surface area contributed by atoms with Gasteiger partial charge < -0.3 is 15.7 Å². The maximum absolute atomic E-state index is 9.23. The number of aryl methyl sites for hydroxylation is 1. The highest BCUT2D eigenvalue weighted by atomic mass is 16.3. The molecule has 0 radical (unpaired) electrons. The lowest BCUT2D eigenvalue weighted by Gasteiger charge is -2.27. The number of hydrogen-bond acceptors (Lipinski definition) is 3. The number of benzene rings is 1. The van der Waals surface area contributed by atoms with Crippen molar-refractivity contribution in [3.63, 3.8) is 0 Å². The number of nitrogens with one attached hydrogen (secondary N) is 2. The third kappa shape index (κ3) is 4.31. The third-order valence-corrected chi connectivity index (χ3v) is 3.66. The molecule has 1 unspecified atom stereocenters. The molecule has 1 aliphatic rings. The fraction of sp³-hybridized carbons (Fsp3) is 0.600. The first-order chi connectivity index (χ1) is 8.74. The zero-order valence-electron chi connectivity index (χ0n) is 11.2. The summed E-state index contributed by atoms with van der Waals surface area (Å²) in [6.07, 6.45) is 4.70. The fourth-order valence-electron chi connectivity index (χ4n) is 2.52. The third-order valence-electron chi connectivity index (χ3n) is 3.66. The Hall–Kier alpha value is -1.06. The number of phenolic OH excluding ortho intramolecular Hbond substituents is 1. The van der Waals surface area contributed by atoms with Crippen molar-refractivity contribution in [2.45, 2.75) is 44.7 Å². The lowest BCUT2D eigenvalue weighted by molar-refractivity contribution is 0.348. The molecular weight excluding hydrogens is 224 g/mol. The van der Waals surface area contributed by atoms with Gasteiger partial charge in [-0.1, -0.05) is 12.1 Å². The zero-order valence-corrected chi connectivity index (χ0v) is 11.2. The SMILES string of the molecule is CC(CCc1ccc(O)cc1)NC1CCNCC1. The number of aromatic hydroxyl groups is 1. The van der Waals surface area contributed by atoms with Crippen molar-refractivity contribution in [1.29, 1.82) is 0 Å².